The molecule has 0 aliphatic carbocycles. The van der Waals surface area contributed by atoms with Gasteiger partial charge in [-0.1, -0.05) is 17.7 Å². The van der Waals surface area contributed by atoms with Gasteiger partial charge < -0.3 is 14.8 Å². The molecule has 1 aliphatic rings. The fraction of sp³-hybridized carbons (Fsp3) is 0.381. The number of thioether (sulfide) groups is 1. The average molecular weight is 372 g/mol. The van der Waals surface area contributed by atoms with Crippen LogP contribution in [0.4, 0.5) is 5.69 Å². The summed E-state index contributed by atoms with van der Waals surface area (Å²) in [5.41, 5.74) is 4.18. The van der Waals surface area contributed by atoms with Crippen molar-refractivity contribution in [2.24, 2.45) is 0 Å². The van der Waals surface area contributed by atoms with Crippen LogP contribution in [0.5, 0.6) is 11.5 Å². The molecule has 1 N–H and O–H groups in total. The predicted molar refractivity (Wildman–Crippen MR) is 107 cm³/mol. The van der Waals surface area contributed by atoms with Crippen molar-refractivity contribution in [1.29, 1.82) is 0 Å². The van der Waals surface area contributed by atoms with Gasteiger partial charge in [-0.2, -0.15) is 0 Å². The highest BCUT2D eigenvalue weighted by Gasteiger charge is 2.22. The lowest BCUT2D eigenvalue weighted by Gasteiger charge is -2.14. The highest BCUT2D eigenvalue weighted by Crippen LogP contribution is 2.38. The number of carbonyl (C=O) groups is 1. The Morgan fingerprint density at radius 2 is 2.12 bits per heavy atom. The van der Waals surface area contributed by atoms with Crippen LogP contribution >= 0.6 is 11.8 Å². The minimum Gasteiger partial charge on any atom is -0.492 e. The normalized spacial score (nSPS) is 15.3. The second-order valence-corrected chi connectivity index (χ2v) is 7.64. The van der Waals surface area contributed by atoms with Crippen LogP contribution in [0.1, 0.15) is 30.5 Å². The van der Waals surface area contributed by atoms with Gasteiger partial charge in [0.25, 0.3) is 0 Å². The number of hydrogen-bond acceptors (Lipinski definition) is 4. The van der Waals surface area contributed by atoms with Crippen molar-refractivity contribution < 1.29 is 14.3 Å². The monoisotopic (exact) mass is 371 g/mol. The van der Waals surface area contributed by atoms with Crippen molar-refractivity contribution in [2.75, 3.05) is 17.7 Å². The third-order valence-corrected chi connectivity index (χ3v) is 5.43. The third-order valence-electron chi connectivity index (χ3n) is 4.27. The van der Waals surface area contributed by atoms with Gasteiger partial charge in [-0.05, 0) is 45.4 Å². The highest BCUT2D eigenvalue weighted by molar-refractivity contribution is 8.00. The summed E-state index contributed by atoms with van der Waals surface area (Å²) in [7, 11) is 0. The van der Waals surface area contributed by atoms with Crippen LogP contribution in [-0.4, -0.2) is 24.4 Å². The molecule has 2 aromatic carbocycles. The van der Waals surface area contributed by atoms with E-state index in [4.69, 9.17) is 9.47 Å². The summed E-state index contributed by atoms with van der Waals surface area (Å²) in [6.45, 7) is 8.65. The zero-order valence-corrected chi connectivity index (χ0v) is 16.5. The molecule has 0 spiro atoms. The first-order chi connectivity index (χ1) is 12.5. The maximum atomic E-state index is 12.5. The molecule has 0 saturated carbocycles. The summed E-state index contributed by atoms with van der Waals surface area (Å²) >= 11 is 1.55. The smallest absolute Gasteiger partial charge is 0.234 e. The number of hydrogen-bond donors (Lipinski definition) is 1. The summed E-state index contributed by atoms with van der Waals surface area (Å²) in [5.74, 6) is 1.83. The first-order valence-electron chi connectivity index (χ1n) is 8.92. The molecular formula is C21H25NO3S. The van der Waals surface area contributed by atoms with Crippen molar-refractivity contribution in [2.45, 2.75) is 45.1 Å². The van der Waals surface area contributed by atoms with E-state index in [9.17, 15) is 4.79 Å². The molecule has 1 atom stereocenters. The van der Waals surface area contributed by atoms with Crippen LogP contribution in [0, 0.1) is 13.8 Å². The lowest BCUT2D eigenvalue weighted by molar-refractivity contribution is -0.113. The summed E-state index contributed by atoms with van der Waals surface area (Å²) in [5, 5.41) is 2.98. The van der Waals surface area contributed by atoms with E-state index >= 15 is 0 Å². The molecule has 2 aromatic rings. The second kappa shape index (κ2) is 8.04. The van der Waals surface area contributed by atoms with E-state index in [-0.39, 0.29) is 12.0 Å². The SMILES string of the molecule is CCOc1cc2c(cc1NC(=O)CSc1cc(C)ccc1C)O[C@@H](C)C2. The van der Waals surface area contributed by atoms with Gasteiger partial charge in [0, 0.05) is 22.9 Å². The Bertz CT molecular complexity index is 819. The Morgan fingerprint density at radius 3 is 2.88 bits per heavy atom. The molecule has 3 rings (SSSR count). The fourth-order valence-electron chi connectivity index (χ4n) is 3.00. The molecule has 0 fully saturated rings. The van der Waals surface area contributed by atoms with E-state index in [2.05, 4.69) is 37.4 Å². The van der Waals surface area contributed by atoms with E-state index < -0.39 is 0 Å². The summed E-state index contributed by atoms with van der Waals surface area (Å²) in [6.07, 6.45) is 1.02. The van der Waals surface area contributed by atoms with Crippen molar-refractivity contribution in [3.8, 4) is 11.5 Å². The molecule has 26 heavy (non-hydrogen) atoms. The van der Waals surface area contributed by atoms with Gasteiger partial charge in [-0.25, -0.2) is 0 Å². The summed E-state index contributed by atoms with van der Waals surface area (Å²) < 4.78 is 11.5. The van der Waals surface area contributed by atoms with Crippen molar-refractivity contribution in [3.63, 3.8) is 0 Å². The Hall–Kier alpha value is -2.14. The van der Waals surface area contributed by atoms with Crippen molar-refractivity contribution >= 4 is 23.4 Å². The topological polar surface area (TPSA) is 47.6 Å². The molecule has 4 nitrogen and oxygen atoms in total. The zero-order valence-electron chi connectivity index (χ0n) is 15.7. The fourth-order valence-corrected chi connectivity index (χ4v) is 3.93. The first kappa shape index (κ1) is 18.6. The minimum absolute atomic E-state index is 0.0529. The van der Waals surface area contributed by atoms with Gasteiger partial charge >= 0.3 is 0 Å². The molecule has 0 bridgehead atoms. The van der Waals surface area contributed by atoms with Gasteiger partial charge in [0.15, 0.2) is 0 Å². The molecule has 0 aromatic heterocycles. The van der Waals surface area contributed by atoms with Crippen LogP contribution in [-0.2, 0) is 11.2 Å². The lowest BCUT2D eigenvalue weighted by Crippen LogP contribution is -2.15. The number of rotatable bonds is 6. The summed E-state index contributed by atoms with van der Waals surface area (Å²) in [6, 6.07) is 10.1. The molecule has 138 valence electrons. The van der Waals surface area contributed by atoms with E-state index in [0.29, 0.717) is 23.8 Å². The number of amides is 1. The number of aryl methyl sites for hydroxylation is 2. The predicted octanol–water partition coefficient (Wildman–Crippen LogP) is 4.76. The lowest BCUT2D eigenvalue weighted by atomic mass is 10.1. The number of nitrogens with one attached hydrogen (secondary N) is 1. The molecule has 5 heteroatoms. The highest BCUT2D eigenvalue weighted by atomic mass is 32.2. The molecule has 1 heterocycles. The van der Waals surface area contributed by atoms with Gasteiger partial charge in [-0.15, -0.1) is 11.8 Å². The second-order valence-electron chi connectivity index (χ2n) is 6.63. The maximum absolute atomic E-state index is 12.5. The van der Waals surface area contributed by atoms with Crippen LogP contribution in [0.2, 0.25) is 0 Å². The van der Waals surface area contributed by atoms with Crippen molar-refractivity contribution in [3.05, 3.63) is 47.0 Å². The number of fused-ring (bicyclic) bond motifs is 1. The zero-order chi connectivity index (χ0) is 18.7. The number of benzene rings is 2. The van der Waals surface area contributed by atoms with E-state index in [0.717, 1.165) is 22.6 Å². The molecule has 1 amide bonds. The van der Waals surface area contributed by atoms with E-state index in [1.165, 1.54) is 11.1 Å². The quantitative estimate of drug-likeness (QED) is 0.744. The van der Waals surface area contributed by atoms with Crippen LogP contribution in [0.25, 0.3) is 0 Å². The van der Waals surface area contributed by atoms with Gasteiger partial charge in [0.1, 0.15) is 17.6 Å². The largest absolute Gasteiger partial charge is 0.492 e. The van der Waals surface area contributed by atoms with Crippen LogP contribution in [0.3, 0.4) is 0 Å². The molecule has 1 aliphatic heterocycles. The molecular weight excluding hydrogens is 346 g/mol. The van der Waals surface area contributed by atoms with Gasteiger partial charge in [0.2, 0.25) is 5.91 Å². The molecule has 0 radical (unpaired) electrons. The minimum atomic E-state index is -0.0529. The molecule has 0 saturated heterocycles. The van der Waals surface area contributed by atoms with Crippen LogP contribution < -0.4 is 14.8 Å². The van der Waals surface area contributed by atoms with E-state index in [1.54, 1.807) is 11.8 Å². The number of ether oxygens (including phenoxy) is 2. The van der Waals surface area contributed by atoms with Crippen LogP contribution in [0.15, 0.2) is 35.2 Å². The van der Waals surface area contributed by atoms with Crippen molar-refractivity contribution in [1.82, 2.24) is 0 Å². The number of anilines is 1. The standard InChI is InChI=1S/C21H25NO3S/c1-5-24-19-10-16-9-15(4)25-18(16)11-17(19)22-21(23)12-26-20-8-13(2)6-7-14(20)3/h6-8,10-11,15H,5,9,12H2,1-4H3,(H,22,23)/t15-/m0/s1. The first-order valence-corrected chi connectivity index (χ1v) is 9.91. The summed E-state index contributed by atoms with van der Waals surface area (Å²) in [4.78, 5) is 13.6. The van der Waals surface area contributed by atoms with Gasteiger partial charge in [0.05, 0.1) is 18.0 Å². The van der Waals surface area contributed by atoms with E-state index in [1.807, 2.05) is 26.0 Å². The Morgan fingerprint density at radius 1 is 1.31 bits per heavy atom. The Labute approximate surface area is 159 Å². The Kier molecular flexibility index (Phi) is 5.77. The Balaban J connectivity index is 1.70. The molecule has 0 unspecified atom stereocenters. The maximum Gasteiger partial charge on any atom is 0.234 e. The third kappa shape index (κ3) is 4.33. The van der Waals surface area contributed by atoms with Gasteiger partial charge in [-0.3, -0.25) is 4.79 Å². The average Bonchev–Trinajstić information content (AvgIpc) is 2.95. The number of carbonyl (C=O) groups excluding carboxylic acids is 1.